The highest BCUT2D eigenvalue weighted by Crippen LogP contribution is 2.31. The minimum Gasteiger partial charge on any atom is -0.372 e. The molecular formula is C21H18N6O. The average molecular weight is 370 g/mol. The molecule has 0 unspecified atom stereocenters. The number of carbonyl (C=O) groups is 1. The number of hydrogen-bond acceptors (Lipinski definition) is 5. The number of aromatic nitrogens is 4. The maximum absolute atomic E-state index is 11.6. The van der Waals surface area contributed by atoms with Gasteiger partial charge in [-0.1, -0.05) is 18.7 Å². The van der Waals surface area contributed by atoms with E-state index in [1.54, 1.807) is 25.6 Å². The minimum atomic E-state index is -0.248. The van der Waals surface area contributed by atoms with Gasteiger partial charge in [0.05, 0.1) is 18.1 Å². The highest BCUT2D eigenvalue weighted by atomic mass is 16.1. The third-order valence-electron chi connectivity index (χ3n) is 4.35. The molecule has 3 aromatic heterocycles. The van der Waals surface area contributed by atoms with Crippen LogP contribution in [-0.2, 0) is 4.79 Å². The van der Waals surface area contributed by atoms with Crippen LogP contribution in [0.2, 0.25) is 0 Å². The number of aromatic amines is 1. The van der Waals surface area contributed by atoms with Crippen molar-refractivity contribution in [2.45, 2.75) is 0 Å². The molecule has 0 atom stereocenters. The molecule has 4 aromatic rings. The number of anilines is 2. The summed E-state index contributed by atoms with van der Waals surface area (Å²) >= 11 is 0. The molecule has 28 heavy (non-hydrogen) atoms. The molecule has 0 aliphatic rings. The highest BCUT2D eigenvalue weighted by Gasteiger charge is 2.11. The van der Waals surface area contributed by atoms with E-state index in [0.717, 1.165) is 33.4 Å². The number of carbonyl (C=O) groups excluding carboxylic acids is 1. The van der Waals surface area contributed by atoms with Crippen LogP contribution in [0.1, 0.15) is 0 Å². The molecule has 4 rings (SSSR count). The van der Waals surface area contributed by atoms with E-state index in [-0.39, 0.29) is 5.91 Å². The summed E-state index contributed by atoms with van der Waals surface area (Å²) in [6.45, 7) is 3.48. The number of hydrogen-bond donors (Lipinski definition) is 3. The molecule has 7 heteroatoms. The van der Waals surface area contributed by atoms with E-state index in [0.29, 0.717) is 11.5 Å². The van der Waals surface area contributed by atoms with Gasteiger partial charge in [0.25, 0.3) is 0 Å². The number of nitrogens with one attached hydrogen (secondary N) is 3. The predicted octanol–water partition coefficient (Wildman–Crippen LogP) is 3.85. The third kappa shape index (κ3) is 3.33. The molecule has 0 fully saturated rings. The fourth-order valence-electron chi connectivity index (χ4n) is 2.96. The second-order valence-corrected chi connectivity index (χ2v) is 6.14. The minimum absolute atomic E-state index is 0.248. The highest BCUT2D eigenvalue weighted by molar-refractivity contribution is 5.99. The first kappa shape index (κ1) is 17.4. The first-order chi connectivity index (χ1) is 13.7. The van der Waals surface area contributed by atoms with Gasteiger partial charge in [0.2, 0.25) is 5.91 Å². The van der Waals surface area contributed by atoms with Crippen molar-refractivity contribution in [3.63, 3.8) is 0 Å². The fourth-order valence-corrected chi connectivity index (χ4v) is 2.96. The van der Waals surface area contributed by atoms with Crippen LogP contribution < -0.4 is 10.6 Å². The summed E-state index contributed by atoms with van der Waals surface area (Å²) in [7, 11) is 1.81. The van der Waals surface area contributed by atoms with Crippen molar-refractivity contribution in [2.75, 3.05) is 17.7 Å². The van der Waals surface area contributed by atoms with Crippen LogP contribution >= 0.6 is 0 Å². The van der Waals surface area contributed by atoms with Gasteiger partial charge in [-0.2, -0.15) is 0 Å². The molecule has 0 radical (unpaired) electrons. The number of nitrogens with zero attached hydrogens (tertiary/aromatic N) is 3. The molecule has 0 aliphatic carbocycles. The van der Waals surface area contributed by atoms with Crippen molar-refractivity contribution in [1.82, 2.24) is 19.9 Å². The summed E-state index contributed by atoms with van der Waals surface area (Å²) in [5, 5.41) is 6.72. The van der Waals surface area contributed by atoms with Crippen LogP contribution in [0.4, 0.5) is 11.5 Å². The zero-order valence-electron chi connectivity index (χ0n) is 15.2. The predicted molar refractivity (Wildman–Crippen MR) is 111 cm³/mol. The Balaban J connectivity index is 1.77. The maximum atomic E-state index is 11.6. The number of pyridine rings is 1. The number of amides is 1. The molecule has 1 aromatic carbocycles. The van der Waals surface area contributed by atoms with E-state index >= 15 is 0 Å². The van der Waals surface area contributed by atoms with Crippen molar-refractivity contribution in [3.8, 4) is 22.4 Å². The van der Waals surface area contributed by atoms with Crippen LogP contribution in [0.15, 0.2) is 67.8 Å². The second kappa shape index (κ2) is 7.32. The van der Waals surface area contributed by atoms with Crippen LogP contribution in [0, 0.1) is 0 Å². The van der Waals surface area contributed by atoms with Gasteiger partial charge in [-0.25, -0.2) is 9.97 Å². The fraction of sp³-hybridized carbons (Fsp3) is 0.0476. The summed E-state index contributed by atoms with van der Waals surface area (Å²) in [5.74, 6) is 0.447. The molecule has 0 bridgehead atoms. The van der Waals surface area contributed by atoms with Gasteiger partial charge in [-0.05, 0) is 29.8 Å². The SMILES string of the molecule is C=CC(=O)Nc1cccc(-c2cnc3[nH]cc(-c4cncc(NC)n4)c3c2)c1. The standard InChI is InChI=1S/C21H18N6O/c1-3-20(28)26-15-6-4-5-13(7-15)14-8-16-17(10-25-21(16)24-9-14)18-11-23-12-19(22-2)27-18/h3-12H,1H2,2H3,(H,22,27)(H,24,25)(H,26,28). The molecular weight excluding hydrogens is 352 g/mol. The van der Waals surface area contributed by atoms with E-state index in [9.17, 15) is 4.79 Å². The second-order valence-electron chi connectivity index (χ2n) is 6.14. The number of fused-ring (bicyclic) bond motifs is 1. The molecule has 138 valence electrons. The van der Waals surface area contributed by atoms with E-state index in [4.69, 9.17) is 0 Å². The zero-order valence-corrected chi connectivity index (χ0v) is 15.2. The Morgan fingerprint density at radius 1 is 1.18 bits per heavy atom. The van der Waals surface area contributed by atoms with Gasteiger partial charge < -0.3 is 15.6 Å². The van der Waals surface area contributed by atoms with E-state index < -0.39 is 0 Å². The molecule has 0 aliphatic heterocycles. The normalized spacial score (nSPS) is 10.6. The summed E-state index contributed by atoms with van der Waals surface area (Å²) in [6, 6.07) is 9.64. The molecule has 3 N–H and O–H groups in total. The molecule has 0 spiro atoms. The Labute approximate surface area is 161 Å². The van der Waals surface area contributed by atoms with Gasteiger partial charge in [0.15, 0.2) is 0 Å². The number of H-pyrrole nitrogens is 1. The maximum Gasteiger partial charge on any atom is 0.247 e. The lowest BCUT2D eigenvalue weighted by Gasteiger charge is -2.07. The van der Waals surface area contributed by atoms with Crippen molar-refractivity contribution < 1.29 is 4.79 Å². The quantitative estimate of drug-likeness (QED) is 0.464. The first-order valence-electron chi connectivity index (χ1n) is 8.69. The Kier molecular flexibility index (Phi) is 4.55. The van der Waals surface area contributed by atoms with Crippen molar-refractivity contribution in [2.24, 2.45) is 0 Å². The van der Waals surface area contributed by atoms with E-state index in [1.165, 1.54) is 6.08 Å². The Bertz CT molecular complexity index is 1180. The van der Waals surface area contributed by atoms with Gasteiger partial charge in [0.1, 0.15) is 11.5 Å². The number of rotatable bonds is 5. The summed E-state index contributed by atoms with van der Waals surface area (Å²) in [4.78, 5) is 28.1. The average Bonchev–Trinajstić information content (AvgIpc) is 3.17. The zero-order chi connectivity index (χ0) is 19.5. The molecule has 1 amide bonds. The molecule has 7 nitrogen and oxygen atoms in total. The van der Waals surface area contributed by atoms with Gasteiger partial charge in [-0.3, -0.25) is 9.78 Å². The van der Waals surface area contributed by atoms with Crippen LogP contribution in [0.25, 0.3) is 33.4 Å². The lowest BCUT2D eigenvalue weighted by atomic mass is 10.0. The summed E-state index contributed by atoms with van der Waals surface area (Å²) < 4.78 is 0. The van der Waals surface area contributed by atoms with Crippen LogP contribution in [-0.4, -0.2) is 32.9 Å². The van der Waals surface area contributed by atoms with Crippen molar-refractivity contribution >= 4 is 28.4 Å². The monoisotopic (exact) mass is 370 g/mol. The van der Waals surface area contributed by atoms with Gasteiger partial charge in [-0.15, -0.1) is 0 Å². The lowest BCUT2D eigenvalue weighted by Crippen LogP contribution is -2.06. The largest absolute Gasteiger partial charge is 0.372 e. The smallest absolute Gasteiger partial charge is 0.247 e. The molecule has 0 saturated heterocycles. The van der Waals surface area contributed by atoms with Crippen LogP contribution in [0.5, 0.6) is 0 Å². The van der Waals surface area contributed by atoms with Crippen molar-refractivity contribution in [3.05, 3.63) is 67.8 Å². The summed E-state index contributed by atoms with van der Waals surface area (Å²) in [6.07, 6.45) is 8.32. The lowest BCUT2D eigenvalue weighted by molar-refractivity contribution is -0.111. The Morgan fingerprint density at radius 2 is 2.07 bits per heavy atom. The van der Waals surface area contributed by atoms with E-state index in [1.807, 2.05) is 30.5 Å². The molecule has 3 heterocycles. The number of benzene rings is 1. The van der Waals surface area contributed by atoms with Gasteiger partial charge >= 0.3 is 0 Å². The Morgan fingerprint density at radius 3 is 2.89 bits per heavy atom. The Hall–Kier alpha value is -4.00. The van der Waals surface area contributed by atoms with Crippen LogP contribution in [0.3, 0.4) is 0 Å². The van der Waals surface area contributed by atoms with Gasteiger partial charge in [0, 0.05) is 41.6 Å². The third-order valence-corrected chi connectivity index (χ3v) is 4.35. The topological polar surface area (TPSA) is 95.6 Å². The van der Waals surface area contributed by atoms with E-state index in [2.05, 4.69) is 43.2 Å². The van der Waals surface area contributed by atoms with Crippen molar-refractivity contribution in [1.29, 1.82) is 0 Å². The summed E-state index contributed by atoms with van der Waals surface area (Å²) in [5.41, 5.74) is 5.02. The first-order valence-corrected chi connectivity index (χ1v) is 8.69. The molecule has 0 saturated carbocycles.